The summed E-state index contributed by atoms with van der Waals surface area (Å²) in [6, 6.07) is 14.4. The van der Waals surface area contributed by atoms with Crippen LogP contribution in [0.1, 0.15) is 27.2 Å². The number of rotatable bonds is 8. The Hall–Kier alpha value is -3.02. The molecule has 27 heavy (non-hydrogen) atoms. The summed E-state index contributed by atoms with van der Waals surface area (Å²) in [7, 11) is 1.59. The van der Waals surface area contributed by atoms with Crippen molar-refractivity contribution < 1.29 is 19.1 Å². The van der Waals surface area contributed by atoms with E-state index in [9.17, 15) is 9.59 Å². The third-order valence-electron chi connectivity index (χ3n) is 3.84. The lowest BCUT2D eigenvalue weighted by Crippen LogP contribution is -2.31. The van der Waals surface area contributed by atoms with Crippen molar-refractivity contribution in [1.82, 2.24) is 0 Å². The summed E-state index contributed by atoms with van der Waals surface area (Å²) in [4.78, 5) is 25.8. The number of nitrogens with zero attached hydrogens (tertiary/aromatic N) is 1. The number of hydrogen-bond donors (Lipinski definition) is 1. The lowest BCUT2D eigenvalue weighted by atomic mass is 10.2. The summed E-state index contributed by atoms with van der Waals surface area (Å²) < 4.78 is 10.7. The maximum atomic E-state index is 12.2. The van der Waals surface area contributed by atoms with Gasteiger partial charge in [0.05, 0.1) is 13.2 Å². The highest BCUT2D eigenvalue weighted by molar-refractivity contribution is 5.94. The topological polar surface area (TPSA) is 67.9 Å². The molecule has 1 N–H and O–H groups in total. The molecule has 0 saturated heterocycles. The van der Waals surface area contributed by atoms with Crippen LogP contribution in [0.3, 0.4) is 0 Å². The molecular formula is C21H26N2O4. The highest BCUT2D eigenvalue weighted by Gasteiger charge is 2.14. The van der Waals surface area contributed by atoms with Gasteiger partial charge < -0.3 is 19.7 Å². The van der Waals surface area contributed by atoms with Crippen molar-refractivity contribution in [2.75, 3.05) is 23.9 Å². The number of benzene rings is 2. The third kappa shape index (κ3) is 6.33. The van der Waals surface area contributed by atoms with Crippen LogP contribution in [0.2, 0.25) is 0 Å². The Balaban J connectivity index is 1.95. The smallest absolute Gasteiger partial charge is 0.226 e. The number of amides is 2. The van der Waals surface area contributed by atoms with Gasteiger partial charge in [0.25, 0.3) is 0 Å². The predicted octanol–water partition coefficient (Wildman–Crippen LogP) is 3.86. The van der Waals surface area contributed by atoms with Crippen molar-refractivity contribution >= 4 is 23.2 Å². The quantitative estimate of drug-likeness (QED) is 0.766. The zero-order chi connectivity index (χ0) is 19.8. The second-order valence-electron chi connectivity index (χ2n) is 6.36. The van der Waals surface area contributed by atoms with Gasteiger partial charge in [-0.1, -0.05) is 0 Å². The van der Waals surface area contributed by atoms with Crippen molar-refractivity contribution in [2.24, 2.45) is 0 Å². The molecule has 0 bridgehead atoms. The first kappa shape index (κ1) is 20.3. The number of carbonyl (C=O) groups excluding carboxylic acids is 2. The third-order valence-corrected chi connectivity index (χ3v) is 3.84. The van der Waals surface area contributed by atoms with Crippen molar-refractivity contribution in [3.8, 4) is 11.5 Å². The van der Waals surface area contributed by atoms with Gasteiger partial charge in [0, 0.05) is 31.3 Å². The van der Waals surface area contributed by atoms with Crippen LogP contribution in [0.15, 0.2) is 48.5 Å². The van der Waals surface area contributed by atoms with Gasteiger partial charge in [-0.2, -0.15) is 0 Å². The molecule has 0 spiro atoms. The predicted molar refractivity (Wildman–Crippen MR) is 106 cm³/mol. The molecule has 6 nitrogen and oxygen atoms in total. The summed E-state index contributed by atoms with van der Waals surface area (Å²) in [6.45, 7) is 5.69. The first-order chi connectivity index (χ1) is 12.9. The van der Waals surface area contributed by atoms with E-state index < -0.39 is 0 Å². The SMILES string of the molecule is COc1ccc(NC(=O)CCN(C(C)=O)c2ccc(OC(C)C)cc2)cc1. The lowest BCUT2D eigenvalue weighted by molar-refractivity contribution is -0.117. The molecule has 6 heteroatoms. The highest BCUT2D eigenvalue weighted by Crippen LogP contribution is 2.21. The minimum absolute atomic E-state index is 0.0846. The van der Waals surface area contributed by atoms with Gasteiger partial charge in [0.15, 0.2) is 0 Å². The fourth-order valence-corrected chi connectivity index (χ4v) is 2.56. The molecule has 2 amide bonds. The lowest BCUT2D eigenvalue weighted by Gasteiger charge is -2.21. The van der Waals surface area contributed by atoms with Crippen LogP contribution in [-0.4, -0.2) is 31.6 Å². The Morgan fingerprint density at radius 3 is 2.11 bits per heavy atom. The molecule has 0 radical (unpaired) electrons. The van der Waals surface area contributed by atoms with E-state index in [1.807, 2.05) is 38.1 Å². The van der Waals surface area contributed by atoms with Crippen molar-refractivity contribution in [3.63, 3.8) is 0 Å². The zero-order valence-corrected chi connectivity index (χ0v) is 16.2. The number of anilines is 2. The Morgan fingerprint density at radius 2 is 1.59 bits per heavy atom. The van der Waals surface area contributed by atoms with Crippen LogP contribution in [0.25, 0.3) is 0 Å². The molecule has 0 aromatic heterocycles. The highest BCUT2D eigenvalue weighted by atomic mass is 16.5. The van der Waals surface area contributed by atoms with Crippen LogP contribution in [0.5, 0.6) is 11.5 Å². The second-order valence-corrected chi connectivity index (χ2v) is 6.36. The average molecular weight is 370 g/mol. The molecule has 0 saturated carbocycles. The van der Waals surface area contributed by atoms with Gasteiger partial charge in [-0.3, -0.25) is 9.59 Å². The van der Waals surface area contributed by atoms with Gasteiger partial charge in [0.1, 0.15) is 11.5 Å². The fourth-order valence-electron chi connectivity index (χ4n) is 2.56. The standard InChI is InChI=1S/C21H26N2O4/c1-15(2)27-20-11-7-18(8-12-20)23(16(3)24)14-13-21(25)22-17-5-9-19(26-4)10-6-17/h5-12,15H,13-14H2,1-4H3,(H,22,25). The van der Waals surface area contributed by atoms with E-state index >= 15 is 0 Å². The van der Waals surface area contributed by atoms with Crippen molar-refractivity contribution in [2.45, 2.75) is 33.3 Å². The van der Waals surface area contributed by atoms with Crippen molar-refractivity contribution in [3.05, 3.63) is 48.5 Å². The van der Waals surface area contributed by atoms with E-state index in [0.29, 0.717) is 12.2 Å². The molecule has 2 rings (SSSR count). The Bertz CT molecular complexity index is 755. The van der Waals surface area contributed by atoms with Crippen molar-refractivity contribution in [1.29, 1.82) is 0 Å². The van der Waals surface area contributed by atoms with Crippen LogP contribution >= 0.6 is 0 Å². The molecule has 2 aromatic rings. The Labute approximate surface area is 160 Å². The van der Waals surface area contributed by atoms with Gasteiger partial charge >= 0.3 is 0 Å². The molecular weight excluding hydrogens is 344 g/mol. The summed E-state index contributed by atoms with van der Waals surface area (Å²) in [6.07, 6.45) is 0.275. The number of nitrogens with one attached hydrogen (secondary N) is 1. The largest absolute Gasteiger partial charge is 0.497 e. The van der Waals surface area contributed by atoms with Crippen LogP contribution in [-0.2, 0) is 9.59 Å². The summed E-state index contributed by atoms with van der Waals surface area (Å²) in [5.74, 6) is 1.19. The molecule has 2 aromatic carbocycles. The second kappa shape index (κ2) is 9.62. The van der Waals surface area contributed by atoms with E-state index in [1.54, 1.807) is 36.3 Å². The zero-order valence-electron chi connectivity index (χ0n) is 16.2. The van der Waals surface area contributed by atoms with Crippen LogP contribution in [0.4, 0.5) is 11.4 Å². The number of carbonyl (C=O) groups is 2. The van der Waals surface area contributed by atoms with E-state index in [2.05, 4.69) is 5.32 Å². The Morgan fingerprint density at radius 1 is 1.00 bits per heavy atom. The molecule has 0 aliphatic carbocycles. The minimum atomic E-state index is -0.161. The van der Waals surface area contributed by atoms with Gasteiger partial charge in [-0.15, -0.1) is 0 Å². The molecule has 0 heterocycles. The minimum Gasteiger partial charge on any atom is -0.497 e. The number of hydrogen-bond acceptors (Lipinski definition) is 4. The monoisotopic (exact) mass is 370 g/mol. The Kier molecular flexibility index (Phi) is 7.23. The maximum Gasteiger partial charge on any atom is 0.226 e. The normalized spacial score (nSPS) is 10.4. The summed E-state index contributed by atoms with van der Waals surface area (Å²) in [5.41, 5.74) is 1.42. The van der Waals surface area contributed by atoms with Gasteiger partial charge in [-0.05, 0) is 62.4 Å². The van der Waals surface area contributed by atoms with Crippen LogP contribution in [0, 0.1) is 0 Å². The summed E-state index contributed by atoms with van der Waals surface area (Å²) >= 11 is 0. The van der Waals surface area contributed by atoms with E-state index in [0.717, 1.165) is 17.2 Å². The maximum absolute atomic E-state index is 12.2. The molecule has 0 unspecified atom stereocenters. The fraction of sp³-hybridized carbons (Fsp3) is 0.333. The summed E-state index contributed by atoms with van der Waals surface area (Å²) in [5, 5.41) is 2.82. The van der Waals surface area contributed by atoms with Gasteiger partial charge in [0.2, 0.25) is 11.8 Å². The molecule has 0 aliphatic heterocycles. The first-order valence-electron chi connectivity index (χ1n) is 8.87. The average Bonchev–Trinajstić information content (AvgIpc) is 2.63. The molecule has 144 valence electrons. The number of methoxy groups -OCH3 is 1. The van der Waals surface area contributed by atoms with E-state index in [-0.39, 0.29) is 24.3 Å². The van der Waals surface area contributed by atoms with E-state index in [4.69, 9.17) is 9.47 Å². The van der Waals surface area contributed by atoms with Crippen LogP contribution < -0.4 is 19.7 Å². The molecule has 0 atom stereocenters. The first-order valence-corrected chi connectivity index (χ1v) is 8.87. The molecule has 0 fully saturated rings. The number of ether oxygens (including phenoxy) is 2. The van der Waals surface area contributed by atoms with E-state index in [1.165, 1.54) is 6.92 Å². The van der Waals surface area contributed by atoms with Gasteiger partial charge in [-0.25, -0.2) is 0 Å². The molecule has 0 aliphatic rings.